The quantitative estimate of drug-likeness (QED) is 0.575. The van der Waals surface area contributed by atoms with Gasteiger partial charge in [-0.05, 0) is 37.1 Å². The van der Waals surface area contributed by atoms with E-state index in [0.29, 0.717) is 36.2 Å². The molecule has 1 heterocycles. The first-order chi connectivity index (χ1) is 13.7. The molecule has 0 saturated heterocycles. The van der Waals surface area contributed by atoms with Crippen LogP contribution in [0.2, 0.25) is 0 Å². The zero-order chi connectivity index (χ0) is 19.8. The number of rotatable bonds is 9. The lowest BCUT2D eigenvalue weighted by molar-refractivity contribution is -0.116. The van der Waals surface area contributed by atoms with Gasteiger partial charge in [0, 0.05) is 24.7 Å². The van der Waals surface area contributed by atoms with E-state index in [4.69, 9.17) is 4.74 Å². The van der Waals surface area contributed by atoms with E-state index < -0.39 is 0 Å². The molecule has 0 radical (unpaired) electrons. The minimum Gasteiger partial charge on any atom is -0.494 e. The van der Waals surface area contributed by atoms with Crippen molar-refractivity contribution in [2.75, 3.05) is 11.9 Å². The Morgan fingerprint density at radius 1 is 1.14 bits per heavy atom. The molecule has 146 valence electrons. The molecular formula is C21H24N4O3. The standard InChI is InChI=1S/C21H24N4O3/c1-2-3-14-28-17-9-6-8-16(15-17)22-20(26)12-7-13-25-21(27)18-10-4-5-11-19(18)23-24-25/h4-6,8-11,15H,2-3,7,12-14H2,1H3,(H,22,26). The second kappa shape index (κ2) is 9.64. The zero-order valence-corrected chi connectivity index (χ0v) is 15.9. The third-order valence-corrected chi connectivity index (χ3v) is 4.29. The van der Waals surface area contributed by atoms with Crippen molar-refractivity contribution in [2.45, 2.75) is 39.2 Å². The summed E-state index contributed by atoms with van der Waals surface area (Å²) in [4.78, 5) is 24.6. The number of ether oxygens (including phenoxy) is 1. The van der Waals surface area contributed by atoms with Crippen LogP contribution in [0.4, 0.5) is 5.69 Å². The molecule has 0 unspecified atom stereocenters. The molecule has 7 nitrogen and oxygen atoms in total. The van der Waals surface area contributed by atoms with E-state index in [9.17, 15) is 9.59 Å². The van der Waals surface area contributed by atoms with Crippen LogP contribution in [-0.4, -0.2) is 27.5 Å². The minimum atomic E-state index is -0.192. The van der Waals surface area contributed by atoms with Crippen LogP contribution < -0.4 is 15.6 Å². The van der Waals surface area contributed by atoms with Crippen LogP contribution in [0, 0.1) is 0 Å². The van der Waals surface area contributed by atoms with Gasteiger partial charge in [0.05, 0.1) is 12.0 Å². The van der Waals surface area contributed by atoms with Crippen LogP contribution in [-0.2, 0) is 11.3 Å². The Labute approximate surface area is 163 Å². The highest BCUT2D eigenvalue weighted by Gasteiger charge is 2.07. The number of hydrogen-bond acceptors (Lipinski definition) is 5. The first-order valence-corrected chi connectivity index (χ1v) is 9.52. The van der Waals surface area contributed by atoms with Crippen molar-refractivity contribution in [3.8, 4) is 5.75 Å². The Morgan fingerprint density at radius 3 is 2.86 bits per heavy atom. The number of unbranched alkanes of at least 4 members (excludes halogenated alkanes) is 1. The third kappa shape index (κ3) is 5.16. The van der Waals surface area contributed by atoms with Gasteiger partial charge >= 0.3 is 0 Å². The Hall–Kier alpha value is -3.22. The highest BCUT2D eigenvalue weighted by Crippen LogP contribution is 2.18. The average Bonchev–Trinajstić information content (AvgIpc) is 2.70. The summed E-state index contributed by atoms with van der Waals surface area (Å²) in [6.45, 7) is 3.11. The van der Waals surface area contributed by atoms with Crippen molar-refractivity contribution in [3.05, 3.63) is 58.9 Å². The van der Waals surface area contributed by atoms with Crippen LogP contribution in [0.3, 0.4) is 0 Å². The molecule has 3 rings (SSSR count). The molecule has 0 spiro atoms. The second-order valence-electron chi connectivity index (χ2n) is 6.52. The van der Waals surface area contributed by atoms with Crippen molar-refractivity contribution in [3.63, 3.8) is 0 Å². The molecule has 0 saturated carbocycles. The number of nitrogens with zero attached hydrogens (tertiary/aromatic N) is 3. The number of nitrogens with one attached hydrogen (secondary N) is 1. The maximum Gasteiger partial charge on any atom is 0.277 e. The van der Waals surface area contributed by atoms with Crippen molar-refractivity contribution in [2.24, 2.45) is 0 Å². The molecule has 0 bridgehead atoms. The highest BCUT2D eigenvalue weighted by atomic mass is 16.5. The summed E-state index contributed by atoms with van der Waals surface area (Å²) in [7, 11) is 0. The molecule has 2 aromatic carbocycles. The van der Waals surface area contributed by atoms with Gasteiger partial charge in [0.1, 0.15) is 11.3 Å². The van der Waals surface area contributed by atoms with Crippen LogP contribution in [0.25, 0.3) is 10.9 Å². The van der Waals surface area contributed by atoms with Crippen LogP contribution in [0.5, 0.6) is 5.75 Å². The number of carbonyl (C=O) groups is 1. The van der Waals surface area contributed by atoms with E-state index in [1.54, 1.807) is 18.2 Å². The molecule has 0 atom stereocenters. The lowest BCUT2D eigenvalue weighted by Gasteiger charge is -2.09. The molecule has 0 aliphatic carbocycles. The maximum atomic E-state index is 12.4. The molecule has 1 aromatic heterocycles. The lowest BCUT2D eigenvalue weighted by Crippen LogP contribution is -2.25. The normalized spacial score (nSPS) is 10.8. The Morgan fingerprint density at radius 2 is 2.00 bits per heavy atom. The molecule has 3 aromatic rings. The molecule has 1 N–H and O–H groups in total. The number of fused-ring (bicyclic) bond motifs is 1. The number of aromatic nitrogens is 3. The Kier molecular flexibility index (Phi) is 6.73. The van der Waals surface area contributed by atoms with Gasteiger partial charge < -0.3 is 10.1 Å². The summed E-state index contributed by atoms with van der Waals surface area (Å²) in [6, 6.07) is 14.4. The number of hydrogen-bond donors (Lipinski definition) is 1. The summed E-state index contributed by atoms with van der Waals surface area (Å²) >= 11 is 0. The van der Waals surface area contributed by atoms with Gasteiger partial charge in [0.25, 0.3) is 5.56 Å². The van der Waals surface area contributed by atoms with E-state index in [2.05, 4.69) is 22.6 Å². The van der Waals surface area contributed by atoms with Gasteiger partial charge in [-0.3, -0.25) is 9.59 Å². The van der Waals surface area contributed by atoms with Gasteiger partial charge in [0.2, 0.25) is 5.91 Å². The average molecular weight is 380 g/mol. The molecular weight excluding hydrogens is 356 g/mol. The van der Waals surface area contributed by atoms with Gasteiger partial charge in [-0.2, -0.15) is 0 Å². The number of benzene rings is 2. The summed E-state index contributed by atoms with van der Waals surface area (Å²) in [5.74, 6) is 0.622. The van der Waals surface area contributed by atoms with Gasteiger partial charge in [0.15, 0.2) is 0 Å². The molecule has 1 amide bonds. The van der Waals surface area contributed by atoms with Crippen LogP contribution in [0.1, 0.15) is 32.6 Å². The Bertz CT molecular complexity index is 1000. The van der Waals surface area contributed by atoms with Gasteiger partial charge in [-0.25, -0.2) is 4.68 Å². The summed E-state index contributed by atoms with van der Waals surface area (Å²) in [6.07, 6.45) is 2.84. The van der Waals surface area contributed by atoms with Gasteiger partial charge in [-0.1, -0.05) is 36.8 Å². The SMILES string of the molecule is CCCCOc1cccc(NC(=O)CCCn2nnc3ccccc3c2=O)c1. The number of carbonyl (C=O) groups excluding carboxylic acids is 1. The fourth-order valence-corrected chi connectivity index (χ4v) is 2.78. The summed E-state index contributed by atoms with van der Waals surface area (Å²) in [5.41, 5.74) is 1.08. The highest BCUT2D eigenvalue weighted by molar-refractivity contribution is 5.90. The van der Waals surface area contributed by atoms with E-state index in [1.165, 1.54) is 4.68 Å². The fourth-order valence-electron chi connectivity index (χ4n) is 2.78. The Balaban J connectivity index is 1.52. The van der Waals surface area contributed by atoms with E-state index in [0.717, 1.165) is 18.6 Å². The van der Waals surface area contributed by atoms with Crippen LogP contribution in [0.15, 0.2) is 53.3 Å². The number of amides is 1. The zero-order valence-electron chi connectivity index (χ0n) is 15.9. The molecule has 0 fully saturated rings. The molecule has 7 heteroatoms. The smallest absolute Gasteiger partial charge is 0.277 e. The van der Waals surface area contributed by atoms with E-state index in [1.807, 2.05) is 30.3 Å². The monoisotopic (exact) mass is 380 g/mol. The van der Waals surface area contributed by atoms with Crippen molar-refractivity contribution < 1.29 is 9.53 Å². The van der Waals surface area contributed by atoms with Crippen molar-refractivity contribution in [1.82, 2.24) is 15.0 Å². The number of aryl methyl sites for hydroxylation is 1. The predicted molar refractivity (Wildman–Crippen MR) is 109 cm³/mol. The summed E-state index contributed by atoms with van der Waals surface area (Å²) in [5, 5.41) is 11.4. The molecule has 28 heavy (non-hydrogen) atoms. The fraction of sp³-hybridized carbons (Fsp3) is 0.333. The maximum absolute atomic E-state index is 12.4. The van der Waals surface area contributed by atoms with Gasteiger partial charge in [-0.15, -0.1) is 5.10 Å². The van der Waals surface area contributed by atoms with Crippen molar-refractivity contribution >= 4 is 22.5 Å². The first-order valence-electron chi connectivity index (χ1n) is 9.52. The minimum absolute atomic E-state index is 0.118. The molecule has 0 aliphatic heterocycles. The van der Waals surface area contributed by atoms with E-state index in [-0.39, 0.29) is 17.9 Å². The second-order valence-corrected chi connectivity index (χ2v) is 6.52. The third-order valence-electron chi connectivity index (χ3n) is 4.29. The predicted octanol–water partition coefficient (Wildman–Crippen LogP) is 3.39. The number of anilines is 1. The lowest BCUT2D eigenvalue weighted by atomic mass is 10.2. The van der Waals surface area contributed by atoms with Crippen molar-refractivity contribution in [1.29, 1.82) is 0 Å². The van der Waals surface area contributed by atoms with Crippen LogP contribution >= 0.6 is 0 Å². The molecule has 0 aliphatic rings. The largest absolute Gasteiger partial charge is 0.494 e. The van der Waals surface area contributed by atoms with E-state index >= 15 is 0 Å². The summed E-state index contributed by atoms with van der Waals surface area (Å²) < 4.78 is 6.95. The topological polar surface area (TPSA) is 86.1 Å². The first kappa shape index (κ1) is 19.5.